The molecule has 0 amide bonds. The highest BCUT2D eigenvalue weighted by Gasteiger charge is 2.11. The zero-order chi connectivity index (χ0) is 21.2. The lowest BCUT2D eigenvalue weighted by atomic mass is 10.1. The van der Waals surface area contributed by atoms with Gasteiger partial charge in [0.25, 0.3) is 0 Å². The number of aryl methyl sites for hydroxylation is 1. The maximum Gasteiger partial charge on any atom is 0.213 e. The molecule has 1 N–H and O–H groups in total. The van der Waals surface area contributed by atoms with Gasteiger partial charge in [-0.15, -0.1) is 0 Å². The molecule has 1 aromatic heterocycles. The molecule has 0 aliphatic carbocycles. The molecule has 0 radical (unpaired) electrons. The monoisotopic (exact) mass is 426 g/mol. The first-order chi connectivity index (χ1) is 14.7. The molecule has 1 heterocycles. The highest BCUT2D eigenvalue weighted by atomic mass is 35.5. The van der Waals surface area contributed by atoms with Gasteiger partial charge in [-0.05, 0) is 48.7 Å². The van der Waals surface area contributed by atoms with Gasteiger partial charge in [-0.3, -0.25) is 0 Å². The summed E-state index contributed by atoms with van der Waals surface area (Å²) in [5, 5.41) is 4.03. The molecule has 0 saturated carbocycles. The van der Waals surface area contributed by atoms with E-state index in [0.29, 0.717) is 42.2 Å². The van der Waals surface area contributed by atoms with Crippen LogP contribution in [0.5, 0.6) is 17.4 Å². The molecule has 5 nitrogen and oxygen atoms in total. The van der Waals surface area contributed by atoms with E-state index >= 15 is 0 Å². The van der Waals surface area contributed by atoms with E-state index in [4.69, 9.17) is 25.8 Å². The van der Waals surface area contributed by atoms with E-state index in [-0.39, 0.29) is 0 Å². The quantitative estimate of drug-likeness (QED) is 0.427. The van der Waals surface area contributed by atoms with Crippen molar-refractivity contribution in [1.82, 2.24) is 10.3 Å². The van der Waals surface area contributed by atoms with Crippen molar-refractivity contribution < 1.29 is 14.2 Å². The average Bonchev–Trinajstić information content (AvgIpc) is 2.77. The number of benzene rings is 2. The maximum atomic E-state index is 6.48. The van der Waals surface area contributed by atoms with Gasteiger partial charge >= 0.3 is 0 Å². The van der Waals surface area contributed by atoms with Crippen LogP contribution >= 0.6 is 11.6 Å². The Morgan fingerprint density at radius 1 is 0.967 bits per heavy atom. The molecule has 3 rings (SSSR count). The van der Waals surface area contributed by atoms with Gasteiger partial charge in [0.15, 0.2) is 11.5 Å². The Labute approximate surface area is 183 Å². The van der Waals surface area contributed by atoms with Gasteiger partial charge in [0, 0.05) is 29.9 Å². The number of nitrogens with zero attached hydrogens (tertiary/aromatic N) is 1. The van der Waals surface area contributed by atoms with Gasteiger partial charge in [0.2, 0.25) is 5.88 Å². The summed E-state index contributed by atoms with van der Waals surface area (Å²) in [6.45, 7) is 4.58. The van der Waals surface area contributed by atoms with Crippen LogP contribution in [0.3, 0.4) is 0 Å². The molecular formula is C24H27ClN2O3. The molecule has 0 fully saturated rings. The predicted octanol–water partition coefficient (Wildman–Crippen LogP) is 5.19. The smallest absolute Gasteiger partial charge is 0.213 e. The summed E-state index contributed by atoms with van der Waals surface area (Å²) in [6.07, 6.45) is 2.58. The molecule has 30 heavy (non-hydrogen) atoms. The van der Waals surface area contributed by atoms with Crippen LogP contribution in [0, 0.1) is 6.92 Å². The molecule has 2 aromatic carbocycles. The van der Waals surface area contributed by atoms with E-state index < -0.39 is 0 Å². The Morgan fingerprint density at radius 3 is 2.57 bits per heavy atom. The Bertz CT molecular complexity index is 935. The summed E-state index contributed by atoms with van der Waals surface area (Å²) < 4.78 is 17.1. The van der Waals surface area contributed by atoms with E-state index in [1.807, 2.05) is 42.5 Å². The second-order valence-corrected chi connectivity index (χ2v) is 7.26. The number of aromatic nitrogens is 1. The Morgan fingerprint density at radius 2 is 1.80 bits per heavy atom. The fraction of sp³-hybridized carbons (Fsp3) is 0.292. The summed E-state index contributed by atoms with van der Waals surface area (Å²) >= 11 is 6.48. The standard InChI is InChI=1S/C24H27ClN2O3/c1-18-8-3-4-9-19(18)17-30-23-15-21(25)20(14-22(23)28-2)16-26-11-7-13-29-24-10-5-6-12-27-24/h3-6,8-10,12,14-15,26H,7,11,13,16-17H2,1-2H3. The highest BCUT2D eigenvalue weighted by Crippen LogP contribution is 2.34. The van der Waals surface area contributed by atoms with Gasteiger partial charge in [-0.1, -0.05) is 41.9 Å². The molecule has 0 aliphatic rings. The number of pyridine rings is 1. The topological polar surface area (TPSA) is 52.6 Å². The number of rotatable bonds is 11. The highest BCUT2D eigenvalue weighted by molar-refractivity contribution is 6.31. The summed E-state index contributed by atoms with van der Waals surface area (Å²) in [5.41, 5.74) is 3.28. The van der Waals surface area contributed by atoms with Crippen molar-refractivity contribution in [2.75, 3.05) is 20.3 Å². The van der Waals surface area contributed by atoms with Gasteiger partial charge in [0.05, 0.1) is 13.7 Å². The number of hydrogen-bond acceptors (Lipinski definition) is 5. The minimum absolute atomic E-state index is 0.466. The minimum Gasteiger partial charge on any atom is -0.493 e. The van der Waals surface area contributed by atoms with Crippen molar-refractivity contribution in [3.63, 3.8) is 0 Å². The van der Waals surface area contributed by atoms with E-state index in [1.54, 1.807) is 13.3 Å². The molecular weight excluding hydrogens is 400 g/mol. The van der Waals surface area contributed by atoms with E-state index in [2.05, 4.69) is 29.4 Å². The number of halogens is 1. The van der Waals surface area contributed by atoms with Gasteiger partial charge < -0.3 is 19.5 Å². The fourth-order valence-corrected chi connectivity index (χ4v) is 3.16. The third-order valence-corrected chi connectivity index (χ3v) is 5.03. The van der Waals surface area contributed by atoms with Crippen molar-refractivity contribution in [3.05, 3.63) is 82.5 Å². The second-order valence-electron chi connectivity index (χ2n) is 6.86. The molecule has 0 bridgehead atoms. The first-order valence-electron chi connectivity index (χ1n) is 9.95. The molecule has 0 unspecified atom stereocenters. The molecule has 0 aliphatic heterocycles. The molecule has 0 atom stereocenters. The third-order valence-electron chi connectivity index (χ3n) is 4.68. The minimum atomic E-state index is 0.466. The number of hydrogen-bond donors (Lipinski definition) is 1. The van der Waals surface area contributed by atoms with Crippen LogP contribution in [0.2, 0.25) is 5.02 Å². The summed E-state index contributed by atoms with van der Waals surface area (Å²) in [7, 11) is 1.63. The first kappa shape index (κ1) is 21.9. The largest absolute Gasteiger partial charge is 0.493 e. The van der Waals surface area contributed by atoms with Crippen LogP contribution in [0.4, 0.5) is 0 Å². The summed E-state index contributed by atoms with van der Waals surface area (Å²) in [6, 6.07) is 17.5. The Hall–Kier alpha value is -2.76. The zero-order valence-electron chi connectivity index (χ0n) is 17.4. The van der Waals surface area contributed by atoms with Gasteiger partial charge in [0.1, 0.15) is 6.61 Å². The number of methoxy groups -OCH3 is 1. The van der Waals surface area contributed by atoms with Gasteiger partial charge in [-0.2, -0.15) is 0 Å². The predicted molar refractivity (Wildman–Crippen MR) is 120 cm³/mol. The lowest BCUT2D eigenvalue weighted by molar-refractivity contribution is 0.283. The SMILES string of the molecule is COc1cc(CNCCCOc2ccccn2)c(Cl)cc1OCc1ccccc1C. The van der Waals surface area contributed by atoms with Crippen LogP contribution in [0.1, 0.15) is 23.1 Å². The van der Waals surface area contributed by atoms with E-state index in [1.165, 1.54) is 5.56 Å². The Kier molecular flexibility index (Phi) is 8.36. The lowest BCUT2D eigenvalue weighted by Gasteiger charge is -2.15. The second kappa shape index (κ2) is 11.4. The van der Waals surface area contributed by atoms with Gasteiger partial charge in [-0.25, -0.2) is 4.98 Å². The molecule has 6 heteroatoms. The number of nitrogens with one attached hydrogen (secondary N) is 1. The summed E-state index contributed by atoms with van der Waals surface area (Å²) in [5.74, 6) is 1.95. The maximum absolute atomic E-state index is 6.48. The van der Waals surface area contributed by atoms with Crippen LogP contribution in [0.15, 0.2) is 60.8 Å². The van der Waals surface area contributed by atoms with E-state index in [0.717, 1.165) is 24.1 Å². The molecule has 3 aromatic rings. The van der Waals surface area contributed by atoms with Crippen LogP contribution in [0.25, 0.3) is 0 Å². The third kappa shape index (κ3) is 6.37. The van der Waals surface area contributed by atoms with E-state index in [9.17, 15) is 0 Å². The molecule has 0 saturated heterocycles. The first-order valence-corrected chi connectivity index (χ1v) is 10.3. The van der Waals surface area contributed by atoms with Crippen molar-refractivity contribution in [1.29, 1.82) is 0 Å². The molecule has 0 spiro atoms. The summed E-state index contributed by atoms with van der Waals surface area (Å²) in [4.78, 5) is 4.14. The van der Waals surface area contributed by atoms with Crippen molar-refractivity contribution in [2.45, 2.75) is 26.5 Å². The zero-order valence-corrected chi connectivity index (χ0v) is 18.1. The van der Waals surface area contributed by atoms with Crippen molar-refractivity contribution in [2.24, 2.45) is 0 Å². The van der Waals surface area contributed by atoms with Crippen molar-refractivity contribution in [3.8, 4) is 17.4 Å². The molecule has 158 valence electrons. The van der Waals surface area contributed by atoms with Crippen LogP contribution in [-0.2, 0) is 13.2 Å². The normalized spacial score (nSPS) is 10.6. The average molecular weight is 427 g/mol. The number of ether oxygens (including phenoxy) is 3. The Balaban J connectivity index is 1.49. The lowest BCUT2D eigenvalue weighted by Crippen LogP contribution is -2.17. The fourth-order valence-electron chi connectivity index (χ4n) is 2.94. The van der Waals surface area contributed by atoms with Crippen LogP contribution in [-0.4, -0.2) is 25.2 Å². The van der Waals surface area contributed by atoms with Crippen molar-refractivity contribution >= 4 is 11.6 Å². The van der Waals surface area contributed by atoms with Crippen LogP contribution < -0.4 is 19.5 Å².